The smallest absolute Gasteiger partial charge is 0.267 e. The summed E-state index contributed by atoms with van der Waals surface area (Å²) in [7, 11) is 3.53. The molecule has 156 valence electrons. The lowest BCUT2D eigenvalue weighted by Gasteiger charge is -2.05. The summed E-state index contributed by atoms with van der Waals surface area (Å²) >= 11 is 0. The number of Topliss-reactive ketones (excluding diaryl/α,β-unsaturated/α-hetero) is 3. The zero-order valence-electron chi connectivity index (χ0n) is 17.4. The van der Waals surface area contributed by atoms with Crippen molar-refractivity contribution in [2.24, 2.45) is 14.1 Å². The van der Waals surface area contributed by atoms with Crippen LogP contribution in [0.5, 0.6) is 0 Å². The van der Waals surface area contributed by atoms with Gasteiger partial charge in [0, 0.05) is 65.8 Å². The molecule has 0 aliphatic heterocycles. The van der Waals surface area contributed by atoms with Gasteiger partial charge in [-0.1, -0.05) is 0 Å². The van der Waals surface area contributed by atoms with Gasteiger partial charge in [0.15, 0.2) is 5.78 Å². The molecule has 8 nitrogen and oxygen atoms in total. The maximum absolute atomic E-state index is 12.4. The maximum Gasteiger partial charge on any atom is 0.267 e. The van der Waals surface area contributed by atoms with E-state index in [-0.39, 0.29) is 42.6 Å². The van der Waals surface area contributed by atoms with Crippen molar-refractivity contribution in [1.82, 2.24) is 14.5 Å². The Kier molecular flexibility index (Phi) is 7.52. The van der Waals surface area contributed by atoms with E-state index in [1.54, 1.807) is 47.8 Å². The minimum atomic E-state index is -0.265. The first-order valence-electron chi connectivity index (χ1n) is 9.53. The Balaban J connectivity index is 1.81. The molecule has 0 spiro atoms. The standard InChI is InChI=1S/C21H28N4O4/c1-14(26)5-7-22-17-11-20(25(4)13-17)21(29)23-8-6-18(28)9-16-10-19(15(2)27)24(3)12-16/h10-13,22H,5-9H2,1-4H3,(H,23,29). The Morgan fingerprint density at radius 1 is 0.897 bits per heavy atom. The molecule has 2 aromatic rings. The highest BCUT2D eigenvalue weighted by molar-refractivity contribution is 5.94. The molecule has 29 heavy (non-hydrogen) atoms. The van der Waals surface area contributed by atoms with Crippen molar-refractivity contribution in [3.63, 3.8) is 0 Å². The number of aryl methyl sites for hydroxylation is 2. The quantitative estimate of drug-likeness (QED) is 0.561. The molecular formula is C21H28N4O4. The highest BCUT2D eigenvalue weighted by Crippen LogP contribution is 2.13. The number of amides is 1. The van der Waals surface area contributed by atoms with Gasteiger partial charge in [-0.3, -0.25) is 19.2 Å². The predicted molar refractivity (Wildman–Crippen MR) is 110 cm³/mol. The molecule has 0 aliphatic rings. The first-order chi connectivity index (χ1) is 13.7. The third kappa shape index (κ3) is 6.44. The summed E-state index contributed by atoms with van der Waals surface area (Å²) in [6.07, 6.45) is 4.42. The second-order valence-corrected chi connectivity index (χ2v) is 7.23. The molecule has 0 fully saturated rings. The number of hydrogen-bond donors (Lipinski definition) is 2. The number of nitrogens with one attached hydrogen (secondary N) is 2. The van der Waals surface area contributed by atoms with Crippen LogP contribution in [0.25, 0.3) is 0 Å². The summed E-state index contributed by atoms with van der Waals surface area (Å²) < 4.78 is 3.41. The Morgan fingerprint density at radius 3 is 2.21 bits per heavy atom. The molecule has 0 bridgehead atoms. The van der Waals surface area contributed by atoms with E-state index in [4.69, 9.17) is 0 Å². The summed E-state index contributed by atoms with van der Waals surface area (Å²) in [5.41, 5.74) is 2.59. The molecule has 0 aromatic carbocycles. The molecular weight excluding hydrogens is 372 g/mol. The minimum Gasteiger partial charge on any atom is -0.383 e. The molecule has 0 atom stereocenters. The van der Waals surface area contributed by atoms with Gasteiger partial charge in [0.2, 0.25) is 0 Å². The van der Waals surface area contributed by atoms with Crippen molar-refractivity contribution in [1.29, 1.82) is 0 Å². The highest BCUT2D eigenvalue weighted by atomic mass is 16.2. The number of carbonyl (C=O) groups excluding carboxylic acids is 4. The molecule has 0 radical (unpaired) electrons. The van der Waals surface area contributed by atoms with Gasteiger partial charge < -0.3 is 19.8 Å². The van der Waals surface area contributed by atoms with E-state index in [1.165, 1.54) is 13.8 Å². The molecule has 0 saturated carbocycles. The number of ketones is 3. The summed E-state index contributed by atoms with van der Waals surface area (Å²) in [6.45, 7) is 3.78. The molecule has 2 heterocycles. The molecule has 0 saturated heterocycles. The van der Waals surface area contributed by atoms with Crippen molar-refractivity contribution in [3.05, 3.63) is 41.5 Å². The van der Waals surface area contributed by atoms with E-state index in [2.05, 4.69) is 10.6 Å². The van der Waals surface area contributed by atoms with Crippen molar-refractivity contribution in [2.45, 2.75) is 33.1 Å². The zero-order valence-corrected chi connectivity index (χ0v) is 17.4. The second-order valence-electron chi connectivity index (χ2n) is 7.23. The van der Waals surface area contributed by atoms with Crippen LogP contribution in [-0.2, 0) is 30.1 Å². The highest BCUT2D eigenvalue weighted by Gasteiger charge is 2.14. The SMILES string of the molecule is CC(=O)CCNc1cc(C(=O)NCCC(=O)Cc2cc(C(C)=O)n(C)c2)n(C)c1. The number of rotatable bonds is 11. The first-order valence-corrected chi connectivity index (χ1v) is 9.53. The van der Waals surface area contributed by atoms with E-state index < -0.39 is 0 Å². The van der Waals surface area contributed by atoms with Crippen LogP contribution in [-0.4, -0.2) is 45.5 Å². The number of carbonyl (C=O) groups is 4. The van der Waals surface area contributed by atoms with Gasteiger partial charge in [-0.15, -0.1) is 0 Å². The summed E-state index contributed by atoms with van der Waals surface area (Å²) in [5, 5.41) is 5.86. The third-order valence-corrected chi connectivity index (χ3v) is 4.56. The Morgan fingerprint density at radius 2 is 1.59 bits per heavy atom. The minimum absolute atomic E-state index is 0.00975. The average Bonchev–Trinajstić information content (AvgIpc) is 3.17. The van der Waals surface area contributed by atoms with Gasteiger partial charge in [-0.25, -0.2) is 0 Å². The van der Waals surface area contributed by atoms with E-state index in [0.29, 0.717) is 24.4 Å². The Hall–Kier alpha value is -3.16. The molecule has 0 aliphatic carbocycles. The number of hydrogen-bond acceptors (Lipinski definition) is 5. The van der Waals surface area contributed by atoms with Crippen molar-refractivity contribution in [3.8, 4) is 0 Å². The summed E-state index contributed by atoms with van der Waals surface area (Å²) in [4.78, 5) is 47.0. The zero-order chi connectivity index (χ0) is 21.6. The monoisotopic (exact) mass is 400 g/mol. The summed E-state index contributed by atoms with van der Waals surface area (Å²) in [6, 6.07) is 3.44. The van der Waals surface area contributed by atoms with Crippen LogP contribution in [0, 0.1) is 0 Å². The third-order valence-electron chi connectivity index (χ3n) is 4.56. The van der Waals surface area contributed by atoms with Gasteiger partial charge in [0.1, 0.15) is 17.3 Å². The van der Waals surface area contributed by atoms with E-state index in [9.17, 15) is 19.2 Å². The fourth-order valence-corrected chi connectivity index (χ4v) is 3.07. The van der Waals surface area contributed by atoms with Gasteiger partial charge in [-0.05, 0) is 24.6 Å². The lowest BCUT2D eigenvalue weighted by atomic mass is 10.1. The van der Waals surface area contributed by atoms with Crippen molar-refractivity contribution >= 4 is 28.9 Å². The second kappa shape index (κ2) is 9.86. The molecule has 1 amide bonds. The predicted octanol–water partition coefficient (Wildman–Crippen LogP) is 1.89. The average molecular weight is 400 g/mol. The van der Waals surface area contributed by atoms with Crippen molar-refractivity contribution < 1.29 is 19.2 Å². The molecule has 2 rings (SSSR count). The van der Waals surface area contributed by atoms with Gasteiger partial charge >= 0.3 is 0 Å². The molecule has 2 N–H and O–H groups in total. The largest absolute Gasteiger partial charge is 0.383 e. The Labute approximate surface area is 170 Å². The van der Waals surface area contributed by atoms with E-state index in [1.807, 2.05) is 0 Å². The van der Waals surface area contributed by atoms with Crippen LogP contribution in [0.3, 0.4) is 0 Å². The summed E-state index contributed by atoms with van der Waals surface area (Å²) in [5.74, 6) is -0.219. The fourth-order valence-electron chi connectivity index (χ4n) is 3.07. The van der Waals surface area contributed by atoms with Crippen LogP contribution in [0.4, 0.5) is 5.69 Å². The van der Waals surface area contributed by atoms with Crippen LogP contribution in [0.2, 0.25) is 0 Å². The van der Waals surface area contributed by atoms with E-state index >= 15 is 0 Å². The van der Waals surface area contributed by atoms with Crippen molar-refractivity contribution in [2.75, 3.05) is 18.4 Å². The van der Waals surface area contributed by atoms with Gasteiger partial charge in [0.25, 0.3) is 5.91 Å². The van der Waals surface area contributed by atoms with Crippen LogP contribution < -0.4 is 10.6 Å². The molecule has 2 aromatic heterocycles. The maximum atomic E-state index is 12.4. The first kappa shape index (κ1) is 22.1. The Bertz CT molecular complexity index is 923. The van der Waals surface area contributed by atoms with Gasteiger partial charge in [-0.2, -0.15) is 0 Å². The lowest BCUT2D eigenvalue weighted by Crippen LogP contribution is -2.27. The van der Waals surface area contributed by atoms with Crippen LogP contribution >= 0.6 is 0 Å². The van der Waals surface area contributed by atoms with E-state index in [0.717, 1.165) is 11.3 Å². The lowest BCUT2D eigenvalue weighted by molar-refractivity contribution is -0.118. The van der Waals surface area contributed by atoms with Crippen LogP contribution in [0.15, 0.2) is 24.5 Å². The number of anilines is 1. The molecule has 8 heteroatoms. The van der Waals surface area contributed by atoms with Crippen LogP contribution in [0.1, 0.15) is 53.2 Å². The van der Waals surface area contributed by atoms with Gasteiger partial charge in [0.05, 0.1) is 11.4 Å². The fraction of sp³-hybridized carbons (Fsp3) is 0.429. The normalized spacial score (nSPS) is 10.6. The molecule has 0 unspecified atom stereocenters. The number of nitrogens with zero attached hydrogens (tertiary/aromatic N) is 2. The topological polar surface area (TPSA) is 102 Å². The number of aromatic nitrogens is 2.